The van der Waals surface area contributed by atoms with E-state index in [1.165, 1.54) is 0 Å². The average molecular weight is 181 g/mol. The molecule has 72 valence electrons. The second kappa shape index (κ2) is 4.25. The summed E-state index contributed by atoms with van der Waals surface area (Å²) < 4.78 is 5.11. The molecule has 3 N–H and O–H groups in total. The SMILES string of the molecule is COc1cc([C@H](C)N)ccc1CO. The van der Waals surface area contributed by atoms with Crippen LogP contribution in [0.3, 0.4) is 0 Å². The fourth-order valence-electron chi connectivity index (χ4n) is 1.18. The summed E-state index contributed by atoms with van der Waals surface area (Å²) in [5, 5.41) is 8.97. The normalized spacial score (nSPS) is 12.6. The minimum atomic E-state index is -0.0124. The van der Waals surface area contributed by atoms with Gasteiger partial charge in [0.25, 0.3) is 0 Å². The Balaban J connectivity index is 3.05. The van der Waals surface area contributed by atoms with Gasteiger partial charge in [0.15, 0.2) is 0 Å². The van der Waals surface area contributed by atoms with Crippen LogP contribution < -0.4 is 10.5 Å². The first-order valence-electron chi connectivity index (χ1n) is 4.22. The number of aliphatic hydroxyl groups excluding tert-OH is 1. The molecular weight excluding hydrogens is 166 g/mol. The Hall–Kier alpha value is -1.06. The van der Waals surface area contributed by atoms with Crippen LogP contribution >= 0.6 is 0 Å². The fourth-order valence-corrected chi connectivity index (χ4v) is 1.18. The monoisotopic (exact) mass is 181 g/mol. The standard InChI is InChI=1S/C10H15NO2/c1-7(11)8-3-4-9(6-12)10(5-8)13-2/h3-5,7,12H,6,11H2,1-2H3/t7-/m0/s1. The quantitative estimate of drug-likeness (QED) is 0.736. The lowest BCUT2D eigenvalue weighted by Gasteiger charge is -2.10. The number of benzene rings is 1. The van der Waals surface area contributed by atoms with E-state index >= 15 is 0 Å². The highest BCUT2D eigenvalue weighted by atomic mass is 16.5. The van der Waals surface area contributed by atoms with Gasteiger partial charge in [-0.1, -0.05) is 12.1 Å². The van der Waals surface area contributed by atoms with Crippen molar-refractivity contribution < 1.29 is 9.84 Å². The van der Waals surface area contributed by atoms with Crippen molar-refractivity contribution >= 4 is 0 Å². The highest BCUT2D eigenvalue weighted by Gasteiger charge is 2.05. The summed E-state index contributed by atoms with van der Waals surface area (Å²) >= 11 is 0. The number of rotatable bonds is 3. The van der Waals surface area contributed by atoms with Gasteiger partial charge in [0.2, 0.25) is 0 Å². The molecule has 0 aliphatic rings. The van der Waals surface area contributed by atoms with Gasteiger partial charge >= 0.3 is 0 Å². The molecule has 13 heavy (non-hydrogen) atoms. The number of hydrogen-bond donors (Lipinski definition) is 2. The third kappa shape index (κ3) is 2.20. The molecule has 0 fully saturated rings. The largest absolute Gasteiger partial charge is 0.496 e. The summed E-state index contributed by atoms with van der Waals surface area (Å²) in [4.78, 5) is 0. The van der Waals surface area contributed by atoms with E-state index in [-0.39, 0.29) is 12.6 Å². The molecule has 0 aliphatic carbocycles. The van der Waals surface area contributed by atoms with Crippen molar-refractivity contribution in [2.75, 3.05) is 7.11 Å². The van der Waals surface area contributed by atoms with Gasteiger partial charge in [0, 0.05) is 11.6 Å². The third-order valence-corrected chi connectivity index (χ3v) is 2.01. The Bertz CT molecular complexity index is 284. The molecule has 0 amide bonds. The Morgan fingerprint density at radius 3 is 2.69 bits per heavy atom. The molecule has 0 saturated heterocycles. The van der Waals surface area contributed by atoms with Gasteiger partial charge in [-0.05, 0) is 18.6 Å². The van der Waals surface area contributed by atoms with Crippen molar-refractivity contribution in [3.63, 3.8) is 0 Å². The minimum absolute atomic E-state index is 0.0115. The summed E-state index contributed by atoms with van der Waals surface area (Å²) in [6.45, 7) is 1.90. The lowest BCUT2D eigenvalue weighted by atomic mass is 10.1. The molecule has 1 aromatic rings. The van der Waals surface area contributed by atoms with E-state index < -0.39 is 0 Å². The van der Waals surface area contributed by atoms with Crippen LogP contribution in [0, 0.1) is 0 Å². The molecule has 1 rings (SSSR count). The number of ether oxygens (including phenoxy) is 1. The molecule has 3 nitrogen and oxygen atoms in total. The first-order valence-corrected chi connectivity index (χ1v) is 4.22. The predicted octanol–water partition coefficient (Wildman–Crippen LogP) is 1.21. The molecule has 0 saturated carbocycles. The Labute approximate surface area is 78.1 Å². The average Bonchev–Trinajstić information content (AvgIpc) is 2.16. The highest BCUT2D eigenvalue weighted by molar-refractivity contribution is 5.38. The first kappa shape index (κ1) is 10.0. The van der Waals surface area contributed by atoms with Crippen molar-refractivity contribution in [1.29, 1.82) is 0 Å². The molecule has 1 atom stereocenters. The minimum Gasteiger partial charge on any atom is -0.496 e. The lowest BCUT2D eigenvalue weighted by Crippen LogP contribution is -2.05. The van der Waals surface area contributed by atoms with Gasteiger partial charge in [-0.25, -0.2) is 0 Å². The molecule has 0 heterocycles. The molecule has 0 aliphatic heterocycles. The van der Waals surface area contributed by atoms with E-state index in [9.17, 15) is 0 Å². The van der Waals surface area contributed by atoms with Gasteiger partial charge in [-0.2, -0.15) is 0 Å². The third-order valence-electron chi connectivity index (χ3n) is 2.01. The smallest absolute Gasteiger partial charge is 0.124 e. The maximum absolute atomic E-state index is 8.97. The number of nitrogens with two attached hydrogens (primary N) is 1. The number of methoxy groups -OCH3 is 1. The number of hydrogen-bond acceptors (Lipinski definition) is 3. The topological polar surface area (TPSA) is 55.5 Å². The van der Waals surface area contributed by atoms with Crippen molar-refractivity contribution in [2.45, 2.75) is 19.6 Å². The van der Waals surface area contributed by atoms with E-state index in [2.05, 4.69) is 0 Å². The number of aliphatic hydroxyl groups is 1. The second-order valence-corrected chi connectivity index (χ2v) is 3.02. The summed E-state index contributed by atoms with van der Waals surface area (Å²) in [7, 11) is 1.58. The van der Waals surface area contributed by atoms with Crippen LogP contribution in [0.15, 0.2) is 18.2 Å². The van der Waals surface area contributed by atoms with E-state index in [1.807, 2.05) is 25.1 Å². The molecule has 1 aromatic carbocycles. The molecule has 3 heteroatoms. The molecule has 0 spiro atoms. The van der Waals surface area contributed by atoms with E-state index in [0.29, 0.717) is 5.75 Å². The summed E-state index contributed by atoms with van der Waals surface area (Å²) in [6.07, 6.45) is 0. The lowest BCUT2D eigenvalue weighted by molar-refractivity contribution is 0.273. The zero-order valence-corrected chi connectivity index (χ0v) is 7.95. The molecule has 0 radical (unpaired) electrons. The summed E-state index contributed by atoms with van der Waals surface area (Å²) in [6, 6.07) is 5.58. The van der Waals surface area contributed by atoms with Crippen LogP contribution in [0.1, 0.15) is 24.1 Å². The van der Waals surface area contributed by atoms with Crippen LogP contribution in [-0.4, -0.2) is 12.2 Å². The van der Waals surface area contributed by atoms with Crippen molar-refractivity contribution in [3.8, 4) is 5.75 Å². The second-order valence-electron chi connectivity index (χ2n) is 3.02. The fraction of sp³-hybridized carbons (Fsp3) is 0.400. The van der Waals surface area contributed by atoms with Crippen LogP contribution in [0.25, 0.3) is 0 Å². The van der Waals surface area contributed by atoms with Crippen LogP contribution in [0.2, 0.25) is 0 Å². The van der Waals surface area contributed by atoms with Crippen LogP contribution in [0.4, 0.5) is 0 Å². The zero-order valence-electron chi connectivity index (χ0n) is 7.95. The Morgan fingerprint density at radius 1 is 1.54 bits per heavy atom. The van der Waals surface area contributed by atoms with Crippen LogP contribution in [-0.2, 0) is 6.61 Å². The Kier molecular flexibility index (Phi) is 3.28. The molecular formula is C10H15NO2. The van der Waals surface area contributed by atoms with E-state index in [0.717, 1.165) is 11.1 Å². The van der Waals surface area contributed by atoms with Gasteiger partial charge in [-0.3, -0.25) is 0 Å². The summed E-state index contributed by atoms with van der Waals surface area (Å²) in [5.41, 5.74) is 7.50. The highest BCUT2D eigenvalue weighted by Crippen LogP contribution is 2.22. The summed E-state index contributed by atoms with van der Waals surface area (Å²) in [5.74, 6) is 0.692. The zero-order chi connectivity index (χ0) is 9.84. The van der Waals surface area contributed by atoms with E-state index in [4.69, 9.17) is 15.6 Å². The molecule has 0 aromatic heterocycles. The van der Waals surface area contributed by atoms with Gasteiger partial charge in [0.05, 0.1) is 13.7 Å². The van der Waals surface area contributed by atoms with E-state index in [1.54, 1.807) is 7.11 Å². The maximum atomic E-state index is 8.97. The predicted molar refractivity (Wildman–Crippen MR) is 51.5 cm³/mol. The van der Waals surface area contributed by atoms with Crippen molar-refractivity contribution in [1.82, 2.24) is 0 Å². The van der Waals surface area contributed by atoms with Crippen molar-refractivity contribution in [3.05, 3.63) is 29.3 Å². The van der Waals surface area contributed by atoms with Crippen LogP contribution in [0.5, 0.6) is 5.75 Å². The molecule has 0 unspecified atom stereocenters. The van der Waals surface area contributed by atoms with Gasteiger partial charge in [0.1, 0.15) is 5.75 Å². The molecule has 0 bridgehead atoms. The van der Waals surface area contributed by atoms with Gasteiger partial charge in [-0.15, -0.1) is 0 Å². The first-order chi connectivity index (χ1) is 6.19. The Morgan fingerprint density at radius 2 is 2.23 bits per heavy atom. The van der Waals surface area contributed by atoms with Crippen molar-refractivity contribution in [2.24, 2.45) is 5.73 Å². The maximum Gasteiger partial charge on any atom is 0.124 e. The van der Waals surface area contributed by atoms with Gasteiger partial charge < -0.3 is 15.6 Å².